The molecule has 26 heavy (non-hydrogen) atoms. The van der Waals surface area contributed by atoms with Crippen LogP contribution in [0, 0.1) is 13.8 Å². The average Bonchev–Trinajstić information content (AvgIpc) is 3.06. The first-order valence-electron chi connectivity index (χ1n) is 9.51. The molecule has 0 bridgehead atoms. The molecule has 0 atom stereocenters. The van der Waals surface area contributed by atoms with E-state index < -0.39 is 0 Å². The highest BCUT2D eigenvalue weighted by Crippen LogP contribution is 2.33. The molecule has 1 amide bonds. The van der Waals surface area contributed by atoms with Gasteiger partial charge in [0.15, 0.2) is 5.16 Å². The Hall–Kier alpha value is -1.82. The van der Waals surface area contributed by atoms with Gasteiger partial charge in [0.05, 0.1) is 5.75 Å². The van der Waals surface area contributed by atoms with Gasteiger partial charge in [0.2, 0.25) is 5.91 Å². The molecule has 0 radical (unpaired) electrons. The Kier molecular flexibility index (Phi) is 6.35. The number of rotatable bonds is 6. The van der Waals surface area contributed by atoms with Gasteiger partial charge in [0.1, 0.15) is 5.82 Å². The SMILES string of the molecule is CCn1c(SCC(=O)Nc2ccc(C)cc2C)nnc1C1CCCCC1. The predicted octanol–water partition coefficient (Wildman–Crippen LogP) is 4.69. The molecule has 0 aliphatic heterocycles. The fraction of sp³-hybridized carbons (Fsp3) is 0.550. The van der Waals surface area contributed by atoms with E-state index in [-0.39, 0.29) is 5.91 Å². The highest BCUT2D eigenvalue weighted by atomic mass is 32.2. The summed E-state index contributed by atoms with van der Waals surface area (Å²) in [5.41, 5.74) is 3.15. The molecule has 3 rings (SSSR count). The maximum Gasteiger partial charge on any atom is 0.234 e. The number of aromatic nitrogens is 3. The topological polar surface area (TPSA) is 59.8 Å². The Balaban J connectivity index is 1.62. The largest absolute Gasteiger partial charge is 0.325 e. The number of thioether (sulfide) groups is 1. The second-order valence-electron chi connectivity index (χ2n) is 7.08. The Labute approximate surface area is 160 Å². The molecule has 1 saturated carbocycles. The van der Waals surface area contributed by atoms with Crippen molar-refractivity contribution >= 4 is 23.4 Å². The molecule has 1 aliphatic carbocycles. The number of hydrogen-bond acceptors (Lipinski definition) is 4. The van der Waals surface area contributed by atoms with Crippen LogP contribution >= 0.6 is 11.8 Å². The molecule has 0 unspecified atom stereocenters. The molecular weight excluding hydrogens is 344 g/mol. The van der Waals surface area contributed by atoms with Gasteiger partial charge in [0.25, 0.3) is 0 Å². The summed E-state index contributed by atoms with van der Waals surface area (Å²) in [6.07, 6.45) is 6.30. The molecule has 1 heterocycles. The van der Waals surface area contributed by atoms with Gasteiger partial charge in [-0.25, -0.2) is 0 Å². The van der Waals surface area contributed by atoms with Crippen molar-refractivity contribution in [3.8, 4) is 0 Å². The van der Waals surface area contributed by atoms with Crippen molar-refractivity contribution in [2.24, 2.45) is 0 Å². The van der Waals surface area contributed by atoms with Crippen LogP contribution in [0.3, 0.4) is 0 Å². The van der Waals surface area contributed by atoms with E-state index in [1.54, 1.807) is 0 Å². The minimum absolute atomic E-state index is 0.00757. The number of nitrogens with zero attached hydrogens (tertiary/aromatic N) is 3. The number of aryl methyl sites for hydroxylation is 2. The van der Waals surface area contributed by atoms with E-state index in [9.17, 15) is 4.79 Å². The van der Waals surface area contributed by atoms with Crippen LogP contribution in [0.25, 0.3) is 0 Å². The van der Waals surface area contributed by atoms with Crippen molar-refractivity contribution in [1.29, 1.82) is 0 Å². The van der Waals surface area contributed by atoms with Gasteiger partial charge >= 0.3 is 0 Å². The lowest BCUT2D eigenvalue weighted by molar-refractivity contribution is -0.113. The van der Waals surface area contributed by atoms with Gasteiger partial charge < -0.3 is 9.88 Å². The van der Waals surface area contributed by atoms with E-state index in [2.05, 4.69) is 40.0 Å². The second kappa shape index (κ2) is 8.71. The van der Waals surface area contributed by atoms with Gasteiger partial charge in [-0.3, -0.25) is 4.79 Å². The Morgan fingerprint density at radius 1 is 1.23 bits per heavy atom. The van der Waals surface area contributed by atoms with E-state index >= 15 is 0 Å². The van der Waals surface area contributed by atoms with Crippen LogP contribution in [-0.2, 0) is 11.3 Å². The van der Waals surface area contributed by atoms with Crippen molar-refractivity contribution in [3.63, 3.8) is 0 Å². The zero-order valence-electron chi connectivity index (χ0n) is 15.9. The number of benzene rings is 1. The quantitative estimate of drug-likeness (QED) is 0.747. The molecule has 1 aromatic heterocycles. The summed E-state index contributed by atoms with van der Waals surface area (Å²) in [5, 5.41) is 12.7. The van der Waals surface area contributed by atoms with Gasteiger partial charge in [-0.15, -0.1) is 10.2 Å². The monoisotopic (exact) mass is 372 g/mol. The Bertz CT molecular complexity index is 765. The molecule has 0 spiro atoms. The molecular formula is C20H28N4OS. The number of nitrogens with one attached hydrogen (secondary N) is 1. The van der Waals surface area contributed by atoms with Crippen LogP contribution in [0.15, 0.2) is 23.4 Å². The van der Waals surface area contributed by atoms with E-state index in [4.69, 9.17) is 0 Å². The van der Waals surface area contributed by atoms with Crippen molar-refractivity contribution in [2.75, 3.05) is 11.1 Å². The molecule has 1 aromatic carbocycles. The van der Waals surface area contributed by atoms with Crippen molar-refractivity contribution in [3.05, 3.63) is 35.2 Å². The summed E-state index contributed by atoms with van der Waals surface area (Å²) in [7, 11) is 0. The average molecular weight is 373 g/mol. The molecule has 1 fully saturated rings. The van der Waals surface area contributed by atoms with Crippen molar-refractivity contribution < 1.29 is 4.79 Å². The Morgan fingerprint density at radius 2 is 2.00 bits per heavy atom. The summed E-state index contributed by atoms with van der Waals surface area (Å²) in [6, 6.07) is 6.05. The van der Waals surface area contributed by atoms with Gasteiger partial charge in [0, 0.05) is 18.2 Å². The van der Waals surface area contributed by atoms with Gasteiger partial charge in [-0.2, -0.15) is 0 Å². The summed E-state index contributed by atoms with van der Waals surface area (Å²) in [5.74, 6) is 1.96. The fourth-order valence-electron chi connectivity index (χ4n) is 3.64. The maximum atomic E-state index is 12.3. The zero-order valence-corrected chi connectivity index (χ0v) is 16.7. The first-order valence-corrected chi connectivity index (χ1v) is 10.5. The first kappa shape index (κ1) is 19.0. The zero-order chi connectivity index (χ0) is 18.5. The van der Waals surface area contributed by atoms with E-state index in [1.807, 2.05) is 19.1 Å². The van der Waals surface area contributed by atoms with E-state index in [0.29, 0.717) is 11.7 Å². The van der Waals surface area contributed by atoms with Gasteiger partial charge in [-0.05, 0) is 45.2 Å². The lowest BCUT2D eigenvalue weighted by atomic mass is 9.89. The van der Waals surface area contributed by atoms with Crippen LogP contribution in [0.4, 0.5) is 5.69 Å². The molecule has 6 heteroatoms. The predicted molar refractivity (Wildman–Crippen MR) is 107 cm³/mol. The van der Waals surface area contributed by atoms with Gasteiger partial charge in [-0.1, -0.05) is 48.7 Å². The lowest BCUT2D eigenvalue weighted by Crippen LogP contribution is -2.16. The molecule has 1 aliphatic rings. The summed E-state index contributed by atoms with van der Waals surface area (Å²) < 4.78 is 2.19. The minimum Gasteiger partial charge on any atom is -0.325 e. The summed E-state index contributed by atoms with van der Waals surface area (Å²) in [4.78, 5) is 12.3. The standard InChI is InChI=1S/C20H28N4OS/c1-4-24-19(16-8-6-5-7-9-16)22-23-20(24)26-13-18(25)21-17-11-10-14(2)12-15(17)3/h10-12,16H,4-9,13H2,1-3H3,(H,21,25). The third-order valence-electron chi connectivity index (χ3n) is 5.02. The summed E-state index contributed by atoms with van der Waals surface area (Å²) >= 11 is 1.47. The number of anilines is 1. The lowest BCUT2D eigenvalue weighted by Gasteiger charge is -2.21. The first-order chi connectivity index (χ1) is 12.6. The molecule has 1 N–H and O–H groups in total. The number of carbonyl (C=O) groups excluding carboxylic acids is 1. The fourth-order valence-corrected chi connectivity index (χ4v) is 4.45. The highest BCUT2D eigenvalue weighted by Gasteiger charge is 2.23. The summed E-state index contributed by atoms with van der Waals surface area (Å²) in [6.45, 7) is 7.03. The van der Waals surface area contributed by atoms with E-state index in [1.165, 1.54) is 49.4 Å². The molecule has 140 valence electrons. The Morgan fingerprint density at radius 3 is 2.69 bits per heavy atom. The van der Waals surface area contributed by atoms with Crippen molar-refractivity contribution in [1.82, 2.24) is 14.8 Å². The maximum absolute atomic E-state index is 12.3. The van der Waals surface area contributed by atoms with Crippen LogP contribution < -0.4 is 5.32 Å². The van der Waals surface area contributed by atoms with E-state index in [0.717, 1.165) is 28.8 Å². The van der Waals surface area contributed by atoms with Crippen LogP contribution in [0.1, 0.15) is 61.9 Å². The van der Waals surface area contributed by atoms with Crippen LogP contribution in [0.2, 0.25) is 0 Å². The van der Waals surface area contributed by atoms with Crippen LogP contribution in [0.5, 0.6) is 0 Å². The minimum atomic E-state index is -0.00757. The third kappa shape index (κ3) is 4.47. The number of amides is 1. The smallest absolute Gasteiger partial charge is 0.234 e. The molecule has 0 saturated heterocycles. The number of carbonyl (C=O) groups is 1. The third-order valence-corrected chi connectivity index (χ3v) is 5.99. The number of hydrogen-bond donors (Lipinski definition) is 1. The normalized spacial score (nSPS) is 15.2. The molecule has 2 aromatic rings. The van der Waals surface area contributed by atoms with Crippen LogP contribution in [-0.4, -0.2) is 26.4 Å². The second-order valence-corrected chi connectivity index (χ2v) is 8.02. The highest BCUT2D eigenvalue weighted by molar-refractivity contribution is 7.99. The molecule has 5 nitrogen and oxygen atoms in total. The van der Waals surface area contributed by atoms with Crippen molar-refractivity contribution in [2.45, 2.75) is 70.5 Å².